The van der Waals surface area contributed by atoms with Crippen molar-refractivity contribution in [1.29, 1.82) is 0 Å². The zero-order valence-electron chi connectivity index (χ0n) is 7.53. The zero-order chi connectivity index (χ0) is 9.68. The van der Waals surface area contributed by atoms with E-state index in [2.05, 4.69) is 4.98 Å². The van der Waals surface area contributed by atoms with Crippen LogP contribution >= 0.6 is 0 Å². The molecule has 1 aromatic rings. The highest BCUT2D eigenvalue weighted by Crippen LogP contribution is 2.09. The van der Waals surface area contributed by atoms with Crippen molar-refractivity contribution in [2.45, 2.75) is 13.3 Å². The predicted molar refractivity (Wildman–Crippen MR) is 48.2 cm³/mol. The fourth-order valence-corrected chi connectivity index (χ4v) is 1.12. The molecule has 0 aliphatic heterocycles. The van der Waals surface area contributed by atoms with Crippen LogP contribution in [-0.2, 0) is 11.2 Å². The standard InChI is InChI=1S/C10H12FNO/c1-8-3-2-4-12-10(8)5-9(6-11)7-13/h2-4,7,9H,5-6H2,1H3. The van der Waals surface area contributed by atoms with Gasteiger partial charge in [-0.15, -0.1) is 0 Å². The van der Waals surface area contributed by atoms with Gasteiger partial charge >= 0.3 is 0 Å². The summed E-state index contributed by atoms with van der Waals surface area (Å²) in [4.78, 5) is 14.5. The van der Waals surface area contributed by atoms with E-state index in [1.54, 1.807) is 6.20 Å². The van der Waals surface area contributed by atoms with Crippen LogP contribution in [0.2, 0.25) is 0 Å². The van der Waals surface area contributed by atoms with Crippen LogP contribution in [0.5, 0.6) is 0 Å². The topological polar surface area (TPSA) is 30.0 Å². The summed E-state index contributed by atoms with van der Waals surface area (Å²) in [6.45, 7) is 1.29. The highest BCUT2D eigenvalue weighted by molar-refractivity contribution is 5.54. The number of hydrogen-bond donors (Lipinski definition) is 0. The molecule has 1 heterocycles. The van der Waals surface area contributed by atoms with E-state index >= 15 is 0 Å². The van der Waals surface area contributed by atoms with Gasteiger partial charge in [0.05, 0.1) is 6.67 Å². The monoisotopic (exact) mass is 181 g/mol. The molecule has 0 radical (unpaired) electrons. The zero-order valence-corrected chi connectivity index (χ0v) is 7.53. The minimum Gasteiger partial charge on any atom is -0.303 e. The van der Waals surface area contributed by atoms with Gasteiger partial charge in [0.25, 0.3) is 0 Å². The number of hydrogen-bond acceptors (Lipinski definition) is 2. The first-order chi connectivity index (χ1) is 6.27. The van der Waals surface area contributed by atoms with Gasteiger partial charge in [-0.2, -0.15) is 0 Å². The number of rotatable bonds is 4. The van der Waals surface area contributed by atoms with Crippen LogP contribution in [0, 0.1) is 12.8 Å². The van der Waals surface area contributed by atoms with E-state index in [0.717, 1.165) is 11.3 Å². The number of aryl methyl sites for hydroxylation is 1. The summed E-state index contributed by atoms with van der Waals surface area (Å²) in [5, 5.41) is 0. The number of alkyl halides is 1. The lowest BCUT2D eigenvalue weighted by molar-refractivity contribution is -0.111. The van der Waals surface area contributed by atoms with Crippen LogP contribution in [0.1, 0.15) is 11.3 Å². The summed E-state index contributed by atoms with van der Waals surface area (Å²) < 4.78 is 12.2. The largest absolute Gasteiger partial charge is 0.303 e. The first-order valence-electron chi connectivity index (χ1n) is 4.19. The van der Waals surface area contributed by atoms with Crippen molar-refractivity contribution in [2.24, 2.45) is 5.92 Å². The van der Waals surface area contributed by atoms with Crippen molar-refractivity contribution in [2.75, 3.05) is 6.67 Å². The Morgan fingerprint density at radius 3 is 3.00 bits per heavy atom. The third kappa shape index (κ3) is 2.61. The maximum absolute atomic E-state index is 12.2. The number of aldehydes is 1. The van der Waals surface area contributed by atoms with Crippen LogP contribution in [0.4, 0.5) is 4.39 Å². The number of aromatic nitrogens is 1. The third-order valence-corrected chi connectivity index (χ3v) is 1.96. The second kappa shape index (κ2) is 4.70. The Hall–Kier alpha value is -1.25. The van der Waals surface area contributed by atoms with Crippen LogP contribution in [0.3, 0.4) is 0 Å². The molecule has 2 nitrogen and oxygen atoms in total. The van der Waals surface area contributed by atoms with Crippen molar-refractivity contribution in [3.63, 3.8) is 0 Å². The van der Waals surface area contributed by atoms with Crippen molar-refractivity contribution >= 4 is 6.29 Å². The van der Waals surface area contributed by atoms with Crippen LogP contribution in [0.25, 0.3) is 0 Å². The Labute approximate surface area is 76.8 Å². The van der Waals surface area contributed by atoms with Crippen molar-refractivity contribution in [3.8, 4) is 0 Å². The summed E-state index contributed by atoms with van der Waals surface area (Å²) in [5.41, 5.74) is 1.81. The average Bonchev–Trinajstić information content (AvgIpc) is 2.17. The minimum absolute atomic E-state index is 0.396. The Kier molecular flexibility index (Phi) is 3.55. The van der Waals surface area contributed by atoms with Crippen molar-refractivity contribution in [1.82, 2.24) is 4.98 Å². The highest BCUT2D eigenvalue weighted by atomic mass is 19.1. The fourth-order valence-electron chi connectivity index (χ4n) is 1.12. The Balaban J connectivity index is 2.73. The molecule has 3 heteroatoms. The summed E-state index contributed by atoms with van der Waals surface area (Å²) in [7, 11) is 0. The lowest BCUT2D eigenvalue weighted by Gasteiger charge is -2.06. The molecule has 1 atom stereocenters. The molecule has 1 aromatic heterocycles. The van der Waals surface area contributed by atoms with Gasteiger partial charge in [0.15, 0.2) is 0 Å². The smallest absolute Gasteiger partial charge is 0.126 e. The summed E-state index contributed by atoms with van der Waals surface area (Å²) in [6.07, 6.45) is 2.70. The van der Waals surface area contributed by atoms with Gasteiger partial charge in [-0.1, -0.05) is 6.07 Å². The molecule has 0 aromatic carbocycles. The lowest BCUT2D eigenvalue weighted by Crippen LogP contribution is -2.10. The van der Waals surface area contributed by atoms with Crippen LogP contribution < -0.4 is 0 Å². The van der Waals surface area contributed by atoms with Gasteiger partial charge in [-0.05, 0) is 18.6 Å². The van der Waals surface area contributed by atoms with E-state index < -0.39 is 12.6 Å². The molecular formula is C10H12FNO. The van der Waals surface area contributed by atoms with Crippen molar-refractivity contribution in [3.05, 3.63) is 29.6 Å². The van der Waals surface area contributed by atoms with Gasteiger partial charge in [0.1, 0.15) is 6.29 Å². The number of halogens is 1. The maximum atomic E-state index is 12.2. The summed E-state index contributed by atoms with van der Waals surface area (Å²) in [6, 6.07) is 3.73. The highest BCUT2D eigenvalue weighted by Gasteiger charge is 2.09. The molecule has 13 heavy (non-hydrogen) atoms. The maximum Gasteiger partial charge on any atom is 0.126 e. The van der Waals surface area contributed by atoms with E-state index in [1.165, 1.54) is 0 Å². The third-order valence-electron chi connectivity index (χ3n) is 1.96. The van der Waals surface area contributed by atoms with Gasteiger partial charge in [-0.25, -0.2) is 0 Å². The number of pyridine rings is 1. The van der Waals surface area contributed by atoms with Crippen LogP contribution in [0.15, 0.2) is 18.3 Å². The first-order valence-corrected chi connectivity index (χ1v) is 4.19. The average molecular weight is 181 g/mol. The van der Waals surface area contributed by atoms with Crippen LogP contribution in [-0.4, -0.2) is 17.9 Å². The minimum atomic E-state index is -0.612. The Morgan fingerprint density at radius 2 is 2.46 bits per heavy atom. The SMILES string of the molecule is Cc1cccnc1CC(C=O)CF. The molecule has 0 spiro atoms. The molecular weight excluding hydrogens is 169 g/mol. The summed E-state index contributed by atoms with van der Waals surface area (Å²) in [5.74, 6) is -0.548. The molecule has 0 N–H and O–H groups in total. The first kappa shape index (κ1) is 9.84. The Morgan fingerprint density at radius 1 is 1.69 bits per heavy atom. The molecule has 0 aliphatic rings. The van der Waals surface area contributed by atoms with E-state index in [-0.39, 0.29) is 0 Å². The van der Waals surface area contributed by atoms with E-state index in [4.69, 9.17) is 0 Å². The molecule has 0 saturated heterocycles. The molecule has 0 bridgehead atoms. The van der Waals surface area contributed by atoms with Gasteiger partial charge in [0.2, 0.25) is 0 Å². The van der Waals surface area contributed by atoms with E-state index in [9.17, 15) is 9.18 Å². The molecule has 0 amide bonds. The van der Waals surface area contributed by atoms with Gasteiger partial charge < -0.3 is 4.79 Å². The molecule has 1 unspecified atom stereocenters. The number of carbonyl (C=O) groups is 1. The second-order valence-corrected chi connectivity index (χ2v) is 3.02. The van der Waals surface area contributed by atoms with Gasteiger partial charge in [-0.3, -0.25) is 9.37 Å². The lowest BCUT2D eigenvalue weighted by atomic mass is 10.0. The van der Waals surface area contributed by atoms with Crippen molar-refractivity contribution < 1.29 is 9.18 Å². The molecule has 0 fully saturated rings. The number of carbonyl (C=O) groups excluding carboxylic acids is 1. The summed E-state index contributed by atoms with van der Waals surface area (Å²) >= 11 is 0. The van der Waals surface area contributed by atoms with E-state index in [1.807, 2.05) is 19.1 Å². The Bertz CT molecular complexity index is 288. The molecule has 70 valence electrons. The normalized spacial score (nSPS) is 12.5. The second-order valence-electron chi connectivity index (χ2n) is 3.02. The molecule has 0 saturated carbocycles. The predicted octanol–water partition coefficient (Wildman–Crippen LogP) is 1.72. The number of nitrogens with zero attached hydrogens (tertiary/aromatic N) is 1. The fraction of sp³-hybridized carbons (Fsp3) is 0.400. The van der Waals surface area contributed by atoms with E-state index in [0.29, 0.717) is 12.7 Å². The molecule has 0 aliphatic carbocycles. The van der Waals surface area contributed by atoms with Gasteiger partial charge in [0, 0.05) is 24.2 Å². The molecule has 1 rings (SSSR count). The quantitative estimate of drug-likeness (QED) is 0.662.